The van der Waals surface area contributed by atoms with E-state index in [0.717, 1.165) is 45.8 Å². The van der Waals surface area contributed by atoms with Gasteiger partial charge in [-0.25, -0.2) is 0 Å². The Morgan fingerprint density at radius 2 is 2.26 bits per heavy atom. The zero-order valence-electron chi connectivity index (χ0n) is 12.2. The molecule has 0 radical (unpaired) electrons. The quantitative estimate of drug-likeness (QED) is 0.742. The van der Waals surface area contributed by atoms with Gasteiger partial charge in [-0.3, -0.25) is 4.90 Å². The molecular formula is C14H28N2O3. The van der Waals surface area contributed by atoms with Gasteiger partial charge in [0.2, 0.25) is 0 Å². The lowest BCUT2D eigenvalue weighted by Crippen LogP contribution is -2.55. The monoisotopic (exact) mass is 272 g/mol. The van der Waals surface area contributed by atoms with Crippen LogP contribution in [0, 0.1) is 5.41 Å². The molecule has 0 bridgehead atoms. The lowest BCUT2D eigenvalue weighted by molar-refractivity contribution is -0.112. The number of rotatable bonds is 5. The number of ether oxygens (including phenoxy) is 2. The average molecular weight is 272 g/mol. The number of aliphatic hydroxyl groups is 1. The van der Waals surface area contributed by atoms with Crippen molar-refractivity contribution in [2.75, 3.05) is 53.0 Å². The van der Waals surface area contributed by atoms with Gasteiger partial charge in [0, 0.05) is 38.2 Å². The van der Waals surface area contributed by atoms with Gasteiger partial charge in [0.05, 0.1) is 25.4 Å². The molecule has 0 amide bonds. The van der Waals surface area contributed by atoms with Crippen molar-refractivity contribution in [3.8, 4) is 0 Å². The van der Waals surface area contributed by atoms with E-state index in [9.17, 15) is 5.11 Å². The normalized spacial score (nSPS) is 37.4. The molecule has 5 nitrogen and oxygen atoms in total. The van der Waals surface area contributed by atoms with Crippen LogP contribution in [0.3, 0.4) is 0 Å². The summed E-state index contributed by atoms with van der Waals surface area (Å²) in [6.07, 6.45) is 2.51. The van der Waals surface area contributed by atoms with Crippen molar-refractivity contribution >= 4 is 0 Å². The highest BCUT2D eigenvalue weighted by molar-refractivity contribution is 4.89. The van der Waals surface area contributed by atoms with Crippen LogP contribution in [0.2, 0.25) is 0 Å². The van der Waals surface area contributed by atoms with E-state index in [4.69, 9.17) is 9.47 Å². The highest BCUT2D eigenvalue weighted by Gasteiger charge is 2.36. The minimum atomic E-state index is -0.0418. The maximum absolute atomic E-state index is 9.31. The molecule has 2 N–H and O–H groups in total. The average Bonchev–Trinajstić information content (AvgIpc) is 2.39. The van der Waals surface area contributed by atoms with Gasteiger partial charge in [-0.15, -0.1) is 0 Å². The Balaban J connectivity index is 1.95. The number of hydrogen-bond donors (Lipinski definition) is 2. The van der Waals surface area contributed by atoms with Gasteiger partial charge < -0.3 is 19.9 Å². The van der Waals surface area contributed by atoms with E-state index in [1.807, 2.05) is 7.05 Å². The molecule has 2 aliphatic heterocycles. The first kappa shape index (κ1) is 15.2. The van der Waals surface area contributed by atoms with Gasteiger partial charge in [0.25, 0.3) is 0 Å². The molecule has 2 rings (SSSR count). The zero-order chi connectivity index (χ0) is 13.7. The molecule has 19 heavy (non-hydrogen) atoms. The molecule has 3 atom stereocenters. The third-order valence-electron chi connectivity index (χ3n) is 4.12. The molecule has 0 aliphatic carbocycles. The molecule has 3 unspecified atom stereocenters. The summed E-state index contributed by atoms with van der Waals surface area (Å²) in [4.78, 5) is 2.43. The van der Waals surface area contributed by atoms with Crippen LogP contribution in [0.4, 0.5) is 0 Å². The summed E-state index contributed by atoms with van der Waals surface area (Å²) in [6.45, 7) is 7.70. The molecule has 0 spiro atoms. The van der Waals surface area contributed by atoms with Crippen LogP contribution in [0.5, 0.6) is 0 Å². The fourth-order valence-electron chi connectivity index (χ4n) is 3.45. The maximum Gasteiger partial charge on any atom is 0.0936 e. The predicted molar refractivity (Wildman–Crippen MR) is 74.3 cm³/mol. The van der Waals surface area contributed by atoms with Crippen molar-refractivity contribution in [1.82, 2.24) is 10.2 Å². The van der Waals surface area contributed by atoms with Crippen LogP contribution in [-0.4, -0.2) is 75.3 Å². The number of hydrogen-bond acceptors (Lipinski definition) is 5. The first-order valence-corrected chi connectivity index (χ1v) is 7.38. The predicted octanol–water partition coefficient (Wildman–Crippen LogP) is 0.0842. The summed E-state index contributed by atoms with van der Waals surface area (Å²) < 4.78 is 11.4. The molecule has 5 heteroatoms. The molecule has 2 aliphatic rings. The van der Waals surface area contributed by atoms with Crippen molar-refractivity contribution in [1.29, 1.82) is 0 Å². The van der Waals surface area contributed by atoms with Gasteiger partial charge in [-0.05, 0) is 26.8 Å². The first-order valence-electron chi connectivity index (χ1n) is 7.38. The van der Waals surface area contributed by atoms with Crippen molar-refractivity contribution in [2.24, 2.45) is 5.41 Å². The summed E-state index contributed by atoms with van der Waals surface area (Å²) in [5.41, 5.74) is 0.212. The summed E-state index contributed by atoms with van der Waals surface area (Å²) in [6, 6.07) is 0. The van der Waals surface area contributed by atoms with Crippen LogP contribution < -0.4 is 5.32 Å². The smallest absolute Gasteiger partial charge is 0.0936 e. The standard InChI is InChI=1S/C14H28N2O3/c1-12-6-16(7-13(8-17)19-12)10-14(9-15-2)4-3-5-18-11-14/h12-13,15,17H,3-11H2,1-2H3. The lowest BCUT2D eigenvalue weighted by Gasteiger charge is -2.44. The topological polar surface area (TPSA) is 54.0 Å². The Bertz CT molecular complexity index is 264. The van der Waals surface area contributed by atoms with Crippen LogP contribution in [0.1, 0.15) is 19.8 Å². The Hall–Kier alpha value is -0.200. The van der Waals surface area contributed by atoms with Gasteiger partial charge >= 0.3 is 0 Å². The molecule has 112 valence electrons. The van der Waals surface area contributed by atoms with E-state index >= 15 is 0 Å². The number of nitrogens with one attached hydrogen (secondary N) is 1. The highest BCUT2D eigenvalue weighted by atomic mass is 16.5. The minimum absolute atomic E-state index is 0.0418. The molecule has 0 aromatic rings. The summed E-state index contributed by atoms with van der Waals surface area (Å²) in [5, 5.41) is 12.6. The second-order valence-electron chi connectivity index (χ2n) is 6.13. The van der Waals surface area contributed by atoms with E-state index < -0.39 is 0 Å². The summed E-state index contributed by atoms with van der Waals surface area (Å²) in [7, 11) is 2.01. The van der Waals surface area contributed by atoms with E-state index in [0.29, 0.717) is 0 Å². The SMILES string of the molecule is CNCC1(CN2CC(C)OC(CO)C2)CCCOC1. The first-order chi connectivity index (χ1) is 9.17. The summed E-state index contributed by atoms with van der Waals surface area (Å²) in [5.74, 6) is 0. The summed E-state index contributed by atoms with van der Waals surface area (Å²) >= 11 is 0. The molecular weight excluding hydrogens is 244 g/mol. The zero-order valence-corrected chi connectivity index (χ0v) is 12.2. The fourth-order valence-corrected chi connectivity index (χ4v) is 3.45. The van der Waals surface area contributed by atoms with Gasteiger partial charge in [0.1, 0.15) is 0 Å². The highest BCUT2D eigenvalue weighted by Crippen LogP contribution is 2.30. The third-order valence-corrected chi connectivity index (χ3v) is 4.12. The number of morpholine rings is 1. The van der Waals surface area contributed by atoms with Gasteiger partial charge in [-0.2, -0.15) is 0 Å². The number of aliphatic hydroxyl groups excluding tert-OH is 1. The van der Waals surface area contributed by atoms with E-state index in [2.05, 4.69) is 17.1 Å². The van der Waals surface area contributed by atoms with Gasteiger partial charge in [-0.1, -0.05) is 0 Å². The van der Waals surface area contributed by atoms with Crippen LogP contribution in [-0.2, 0) is 9.47 Å². The molecule has 0 aromatic heterocycles. The lowest BCUT2D eigenvalue weighted by atomic mass is 9.81. The minimum Gasteiger partial charge on any atom is -0.394 e. The molecule has 0 saturated carbocycles. The van der Waals surface area contributed by atoms with Crippen molar-refractivity contribution in [3.05, 3.63) is 0 Å². The van der Waals surface area contributed by atoms with Gasteiger partial charge in [0.15, 0.2) is 0 Å². The molecule has 2 fully saturated rings. The second kappa shape index (κ2) is 6.99. The van der Waals surface area contributed by atoms with Crippen molar-refractivity contribution in [3.63, 3.8) is 0 Å². The number of nitrogens with zero attached hydrogens (tertiary/aromatic N) is 1. The van der Waals surface area contributed by atoms with E-state index in [1.165, 1.54) is 6.42 Å². The largest absolute Gasteiger partial charge is 0.394 e. The van der Waals surface area contributed by atoms with E-state index in [-0.39, 0.29) is 24.2 Å². The maximum atomic E-state index is 9.31. The Morgan fingerprint density at radius 1 is 1.42 bits per heavy atom. The molecule has 2 saturated heterocycles. The van der Waals surface area contributed by atoms with Crippen LogP contribution in [0.15, 0.2) is 0 Å². The van der Waals surface area contributed by atoms with Crippen LogP contribution in [0.25, 0.3) is 0 Å². The van der Waals surface area contributed by atoms with E-state index in [1.54, 1.807) is 0 Å². The Morgan fingerprint density at radius 3 is 2.89 bits per heavy atom. The Labute approximate surface area is 116 Å². The molecule has 2 heterocycles. The molecule has 0 aromatic carbocycles. The third kappa shape index (κ3) is 4.13. The van der Waals surface area contributed by atoms with Crippen molar-refractivity contribution < 1.29 is 14.6 Å². The second-order valence-corrected chi connectivity index (χ2v) is 6.13. The Kier molecular flexibility index (Phi) is 5.59. The van der Waals surface area contributed by atoms with Crippen LogP contribution >= 0.6 is 0 Å². The fraction of sp³-hybridized carbons (Fsp3) is 1.00. The van der Waals surface area contributed by atoms with Crippen molar-refractivity contribution in [2.45, 2.75) is 32.0 Å².